The second-order valence-electron chi connectivity index (χ2n) is 4.85. The minimum Gasteiger partial charge on any atom is -0.481 e. The van der Waals surface area contributed by atoms with E-state index in [0.717, 1.165) is 6.26 Å². The molecule has 1 aromatic rings. The molecule has 0 bridgehead atoms. The molecule has 0 spiro atoms. The lowest BCUT2D eigenvalue weighted by Crippen LogP contribution is -2.27. The van der Waals surface area contributed by atoms with E-state index in [1.165, 1.54) is 26.0 Å². The summed E-state index contributed by atoms with van der Waals surface area (Å²) in [5.41, 5.74) is -0.723. The van der Waals surface area contributed by atoms with Crippen molar-refractivity contribution in [2.45, 2.75) is 25.2 Å². The van der Waals surface area contributed by atoms with Crippen LogP contribution in [0.25, 0.3) is 0 Å². The average Bonchev–Trinajstić information content (AvgIpc) is 2.18. The lowest BCUT2D eigenvalue weighted by Gasteiger charge is -2.21. The van der Waals surface area contributed by atoms with Crippen molar-refractivity contribution in [1.82, 2.24) is 0 Å². The van der Waals surface area contributed by atoms with Gasteiger partial charge in [-0.25, -0.2) is 8.42 Å². The first-order valence-corrected chi connectivity index (χ1v) is 7.53. The summed E-state index contributed by atoms with van der Waals surface area (Å²) in [6.07, 6.45) is 1.14. The molecule has 0 aromatic heterocycles. The van der Waals surface area contributed by atoms with Gasteiger partial charge in [-0.1, -0.05) is 17.7 Å². The maximum absolute atomic E-state index is 11.7. The molecule has 0 aliphatic carbocycles. The molecule has 1 rings (SSSR count). The second-order valence-corrected chi connectivity index (χ2v) is 7.25. The van der Waals surface area contributed by atoms with Gasteiger partial charge in [0.25, 0.3) is 0 Å². The van der Waals surface area contributed by atoms with Crippen LogP contribution in [0.15, 0.2) is 23.1 Å². The van der Waals surface area contributed by atoms with Crippen molar-refractivity contribution >= 4 is 27.4 Å². The van der Waals surface area contributed by atoms with Crippen molar-refractivity contribution < 1.29 is 18.3 Å². The van der Waals surface area contributed by atoms with Crippen LogP contribution in [0, 0.1) is 5.41 Å². The van der Waals surface area contributed by atoms with Gasteiger partial charge in [0.1, 0.15) is 0 Å². The molecule has 0 unspecified atom stereocenters. The Bertz CT molecular complexity index is 576. The van der Waals surface area contributed by atoms with Crippen molar-refractivity contribution in [3.05, 3.63) is 28.8 Å². The molecule has 0 heterocycles. The monoisotopic (exact) mass is 290 g/mol. The van der Waals surface area contributed by atoms with Gasteiger partial charge in [0.15, 0.2) is 9.84 Å². The predicted octanol–water partition coefficient (Wildman–Crippen LogP) is 2.40. The summed E-state index contributed by atoms with van der Waals surface area (Å²) >= 11 is 5.99. The maximum Gasteiger partial charge on any atom is 0.309 e. The number of sulfone groups is 1. The first-order valence-electron chi connectivity index (χ1n) is 5.26. The van der Waals surface area contributed by atoms with Crippen LogP contribution in [0.2, 0.25) is 5.02 Å². The highest BCUT2D eigenvalue weighted by atomic mass is 35.5. The van der Waals surface area contributed by atoms with Gasteiger partial charge < -0.3 is 5.11 Å². The Kier molecular flexibility index (Phi) is 4.08. The number of carbonyl (C=O) groups is 1. The van der Waals surface area contributed by atoms with Crippen molar-refractivity contribution in [3.8, 4) is 0 Å². The van der Waals surface area contributed by atoms with Crippen LogP contribution < -0.4 is 0 Å². The molecule has 18 heavy (non-hydrogen) atoms. The molecule has 0 saturated carbocycles. The van der Waals surface area contributed by atoms with E-state index in [-0.39, 0.29) is 16.3 Å². The molecular weight excluding hydrogens is 276 g/mol. The molecule has 6 heteroatoms. The van der Waals surface area contributed by atoms with Crippen molar-refractivity contribution in [2.24, 2.45) is 5.41 Å². The molecule has 0 atom stereocenters. The first-order chi connectivity index (χ1) is 8.05. The molecule has 4 nitrogen and oxygen atoms in total. The smallest absolute Gasteiger partial charge is 0.309 e. The van der Waals surface area contributed by atoms with E-state index in [4.69, 9.17) is 16.7 Å². The molecule has 0 saturated heterocycles. The summed E-state index contributed by atoms with van der Waals surface area (Å²) in [6, 6.07) is 4.54. The number of halogens is 1. The summed E-state index contributed by atoms with van der Waals surface area (Å²) in [5.74, 6) is -0.998. The standard InChI is InChI=1S/C12H15ClO4S/c1-12(2,11(14)15)7-8-9(13)5-4-6-10(8)18(3,16)17/h4-6H,7H2,1-3H3,(H,14,15). The van der Waals surface area contributed by atoms with E-state index in [9.17, 15) is 13.2 Å². The lowest BCUT2D eigenvalue weighted by atomic mass is 9.86. The van der Waals surface area contributed by atoms with E-state index in [1.807, 2.05) is 0 Å². The highest BCUT2D eigenvalue weighted by Crippen LogP contribution is 2.31. The van der Waals surface area contributed by atoms with Gasteiger partial charge >= 0.3 is 5.97 Å². The third-order valence-corrected chi connectivity index (χ3v) is 4.21. The fraction of sp³-hybridized carbons (Fsp3) is 0.417. The van der Waals surface area contributed by atoms with Crippen molar-refractivity contribution in [2.75, 3.05) is 6.26 Å². The fourth-order valence-corrected chi connectivity index (χ4v) is 2.83. The van der Waals surface area contributed by atoms with Crippen LogP contribution in [0.1, 0.15) is 19.4 Å². The molecule has 0 amide bonds. The third kappa shape index (κ3) is 3.23. The van der Waals surface area contributed by atoms with E-state index >= 15 is 0 Å². The Labute approximate surface area is 112 Å². The lowest BCUT2D eigenvalue weighted by molar-refractivity contribution is -0.146. The Morgan fingerprint density at radius 1 is 1.39 bits per heavy atom. The van der Waals surface area contributed by atoms with Gasteiger partial charge in [-0.05, 0) is 38.0 Å². The summed E-state index contributed by atoms with van der Waals surface area (Å²) in [7, 11) is -3.43. The second kappa shape index (κ2) is 4.90. The molecule has 0 aliphatic rings. The van der Waals surface area contributed by atoms with Gasteiger partial charge in [0, 0.05) is 11.3 Å². The molecule has 1 aromatic carbocycles. The Hall–Kier alpha value is -1.07. The number of carboxylic acids is 1. The van der Waals surface area contributed by atoms with Crippen molar-refractivity contribution in [3.63, 3.8) is 0 Å². The summed E-state index contributed by atoms with van der Waals surface area (Å²) in [5, 5.41) is 9.37. The number of benzene rings is 1. The Morgan fingerprint density at radius 3 is 2.39 bits per heavy atom. The number of hydrogen-bond donors (Lipinski definition) is 1. The Balaban J connectivity index is 3.37. The van der Waals surface area contributed by atoms with E-state index in [0.29, 0.717) is 5.56 Å². The maximum atomic E-state index is 11.7. The Morgan fingerprint density at radius 2 is 1.94 bits per heavy atom. The van der Waals surface area contributed by atoms with Crippen molar-refractivity contribution in [1.29, 1.82) is 0 Å². The molecule has 1 N–H and O–H groups in total. The van der Waals surface area contributed by atoms with E-state index < -0.39 is 21.2 Å². The van der Waals surface area contributed by atoms with Crippen LogP contribution in [0.3, 0.4) is 0 Å². The van der Waals surface area contributed by atoms with Crippen LogP contribution >= 0.6 is 11.6 Å². The summed E-state index contributed by atoms with van der Waals surface area (Å²) in [6.45, 7) is 3.06. The van der Waals surface area contributed by atoms with Gasteiger partial charge in [-0.15, -0.1) is 0 Å². The van der Waals surface area contributed by atoms with Crippen LogP contribution in [0.5, 0.6) is 0 Å². The number of carboxylic acid groups (broad SMARTS) is 1. The van der Waals surface area contributed by atoms with E-state index in [1.54, 1.807) is 6.07 Å². The molecule has 0 fully saturated rings. The van der Waals surface area contributed by atoms with E-state index in [2.05, 4.69) is 0 Å². The zero-order valence-corrected chi connectivity index (χ0v) is 12.0. The van der Waals surface area contributed by atoms with Gasteiger partial charge in [-0.2, -0.15) is 0 Å². The minimum absolute atomic E-state index is 0.0599. The molecule has 0 radical (unpaired) electrons. The minimum atomic E-state index is -3.43. The van der Waals surface area contributed by atoms with Crippen LogP contribution in [-0.4, -0.2) is 25.7 Å². The zero-order valence-electron chi connectivity index (χ0n) is 10.4. The molecular formula is C12H15ClO4S. The predicted molar refractivity (Wildman–Crippen MR) is 69.7 cm³/mol. The topological polar surface area (TPSA) is 71.4 Å². The normalized spacial score (nSPS) is 12.4. The highest BCUT2D eigenvalue weighted by Gasteiger charge is 2.30. The largest absolute Gasteiger partial charge is 0.481 e. The number of rotatable bonds is 4. The molecule has 100 valence electrons. The highest BCUT2D eigenvalue weighted by molar-refractivity contribution is 7.90. The van der Waals surface area contributed by atoms with Crippen LogP contribution in [-0.2, 0) is 21.1 Å². The third-order valence-electron chi connectivity index (χ3n) is 2.67. The molecule has 0 aliphatic heterocycles. The van der Waals surface area contributed by atoms with Gasteiger partial charge in [-0.3, -0.25) is 4.79 Å². The SMILES string of the molecule is CC(C)(Cc1c(Cl)cccc1S(C)(=O)=O)C(=O)O. The average molecular weight is 291 g/mol. The fourth-order valence-electron chi connectivity index (χ4n) is 1.58. The zero-order chi connectivity index (χ0) is 14.1. The quantitative estimate of drug-likeness (QED) is 0.924. The summed E-state index contributed by atoms with van der Waals surface area (Å²) in [4.78, 5) is 11.2. The summed E-state index contributed by atoms with van der Waals surface area (Å²) < 4.78 is 23.3. The first kappa shape index (κ1) is 15.0. The van der Waals surface area contributed by atoms with Gasteiger partial charge in [0.2, 0.25) is 0 Å². The number of hydrogen-bond acceptors (Lipinski definition) is 3. The number of aliphatic carboxylic acids is 1. The van der Waals surface area contributed by atoms with Gasteiger partial charge in [0.05, 0.1) is 10.3 Å². The van der Waals surface area contributed by atoms with Crippen LogP contribution in [0.4, 0.5) is 0 Å².